The maximum absolute atomic E-state index is 3.53. The first-order chi connectivity index (χ1) is 9.13. The molecule has 1 atom stereocenters. The molecular weight excluding hydrogens is 232 g/mol. The minimum Gasteiger partial charge on any atom is -0.385 e. The molecule has 1 aromatic carbocycles. The van der Waals surface area contributed by atoms with Crippen molar-refractivity contribution < 1.29 is 0 Å². The standard InChI is InChI=1S/C17H30N2/c1-5-6-7-8-9-15(2)14-18-16-10-12-17(13-11-16)19(3)4/h10-13,15,18H,5-9,14H2,1-4H3. The highest BCUT2D eigenvalue weighted by atomic mass is 15.1. The Balaban J connectivity index is 2.24. The lowest BCUT2D eigenvalue weighted by atomic mass is 10.0. The normalized spacial score (nSPS) is 12.2. The summed E-state index contributed by atoms with van der Waals surface area (Å²) in [7, 11) is 4.14. The Morgan fingerprint density at radius 1 is 1.05 bits per heavy atom. The summed E-state index contributed by atoms with van der Waals surface area (Å²) in [5, 5.41) is 3.53. The van der Waals surface area contributed by atoms with Crippen molar-refractivity contribution in [1.82, 2.24) is 0 Å². The first-order valence-corrected chi connectivity index (χ1v) is 7.64. The van der Waals surface area contributed by atoms with Crippen LogP contribution in [-0.2, 0) is 0 Å². The molecule has 1 unspecified atom stereocenters. The Kier molecular flexibility index (Phi) is 7.39. The summed E-state index contributed by atoms with van der Waals surface area (Å²) in [5.41, 5.74) is 2.48. The first kappa shape index (κ1) is 15.9. The van der Waals surface area contributed by atoms with Crippen LogP contribution in [0.5, 0.6) is 0 Å². The SMILES string of the molecule is CCCCCCC(C)CNc1ccc(N(C)C)cc1. The molecule has 2 heteroatoms. The van der Waals surface area contributed by atoms with Gasteiger partial charge in [-0.1, -0.05) is 39.5 Å². The van der Waals surface area contributed by atoms with Crippen molar-refractivity contribution in [3.63, 3.8) is 0 Å². The van der Waals surface area contributed by atoms with Crippen LogP contribution in [-0.4, -0.2) is 20.6 Å². The van der Waals surface area contributed by atoms with Gasteiger partial charge in [-0.3, -0.25) is 0 Å². The van der Waals surface area contributed by atoms with Gasteiger partial charge in [0.25, 0.3) is 0 Å². The maximum atomic E-state index is 3.53. The van der Waals surface area contributed by atoms with Crippen molar-refractivity contribution in [1.29, 1.82) is 0 Å². The predicted molar refractivity (Wildman–Crippen MR) is 87.2 cm³/mol. The molecule has 0 saturated heterocycles. The van der Waals surface area contributed by atoms with Gasteiger partial charge in [-0.25, -0.2) is 0 Å². The first-order valence-electron chi connectivity index (χ1n) is 7.64. The van der Waals surface area contributed by atoms with Gasteiger partial charge in [0.05, 0.1) is 0 Å². The molecule has 0 aliphatic rings. The zero-order chi connectivity index (χ0) is 14.1. The van der Waals surface area contributed by atoms with Crippen LogP contribution in [0.25, 0.3) is 0 Å². The summed E-state index contributed by atoms with van der Waals surface area (Å²) in [6.45, 7) is 5.68. The van der Waals surface area contributed by atoms with Gasteiger partial charge in [0, 0.05) is 32.0 Å². The minimum atomic E-state index is 0.755. The second-order valence-electron chi connectivity index (χ2n) is 5.78. The van der Waals surface area contributed by atoms with E-state index >= 15 is 0 Å². The van der Waals surface area contributed by atoms with Gasteiger partial charge < -0.3 is 10.2 Å². The largest absolute Gasteiger partial charge is 0.385 e. The number of rotatable bonds is 9. The Labute approximate surface area is 119 Å². The van der Waals surface area contributed by atoms with Crippen molar-refractivity contribution in [3.05, 3.63) is 24.3 Å². The van der Waals surface area contributed by atoms with Gasteiger partial charge in [0.15, 0.2) is 0 Å². The van der Waals surface area contributed by atoms with E-state index in [9.17, 15) is 0 Å². The topological polar surface area (TPSA) is 15.3 Å². The lowest BCUT2D eigenvalue weighted by Gasteiger charge is -2.15. The second-order valence-corrected chi connectivity index (χ2v) is 5.78. The fraction of sp³-hybridized carbons (Fsp3) is 0.647. The molecule has 0 radical (unpaired) electrons. The molecule has 1 N–H and O–H groups in total. The smallest absolute Gasteiger partial charge is 0.0362 e. The van der Waals surface area contributed by atoms with E-state index < -0.39 is 0 Å². The fourth-order valence-electron chi connectivity index (χ4n) is 2.19. The molecule has 1 rings (SSSR count). The van der Waals surface area contributed by atoms with Crippen LogP contribution in [0.3, 0.4) is 0 Å². The fourth-order valence-corrected chi connectivity index (χ4v) is 2.19. The maximum Gasteiger partial charge on any atom is 0.0362 e. The third-order valence-electron chi connectivity index (χ3n) is 3.59. The molecule has 0 fully saturated rings. The van der Waals surface area contributed by atoms with Crippen LogP contribution in [0.1, 0.15) is 46.0 Å². The summed E-state index contributed by atoms with van der Waals surface area (Å²) < 4.78 is 0. The molecule has 19 heavy (non-hydrogen) atoms. The monoisotopic (exact) mass is 262 g/mol. The second kappa shape index (κ2) is 8.84. The van der Waals surface area contributed by atoms with E-state index in [4.69, 9.17) is 0 Å². The number of nitrogens with zero attached hydrogens (tertiary/aromatic N) is 1. The average Bonchev–Trinajstić information content (AvgIpc) is 2.42. The Morgan fingerprint density at radius 3 is 2.32 bits per heavy atom. The summed E-state index contributed by atoms with van der Waals surface area (Å²) in [4.78, 5) is 2.13. The van der Waals surface area contributed by atoms with Gasteiger partial charge in [-0.15, -0.1) is 0 Å². The van der Waals surface area contributed by atoms with Crippen molar-refractivity contribution in [2.75, 3.05) is 30.9 Å². The highest BCUT2D eigenvalue weighted by molar-refractivity contribution is 5.54. The number of anilines is 2. The highest BCUT2D eigenvalue weighted by Crippen LogP contribution is 2.17. The Bertz CT molecular complexity index is 330. The van der Waals surface area contributed by atoms with Crippen LogP contribution in [0, 0.1) is 5.92 Å². The lowest BCUT2D eigenvalue weighted by molar-refractivity contribution is 0.508. The number of benzene rings is 1. The van der Waals surface area contributed by atoms with E-state index in [2.05, 4.69) is 62.4 Å². The summed E-state index contributed by atoms with van der Waals surface area (Å²) in [5.74, 6) is 0.755. The molecule has 1 aromatic rings. The van der Waals surface area contributed by atoms with Crippen LogP contribution >= 0.6 is 0 Å². The van der Waals surface area contributed by atoms with Crippen molar-refractivity contribution in [2.24, 2.45) is 5.92 Å². The molecule has 0 heterocycles. The van der Waals surface area contributed by atoms with Crippen LogP contribution < -0.4 is 10.2 Å². The Morgan fingerprint density at radius 2 is 1.74 bits per heavy atom. The number of nitrogens with one attached hydrogen (secondary N) is 1. The van der Waals surface area contributed by atoms with Gasteiger partial charge in [0.2, 0.25) is 0 Å². The number of hydrogen-bond acceptors (Lipinski definition) is 2. The van der Waals surface area contributed by atoms with Gasteiger partial charge in [-0.2, -0.15) is 0 Å². The van der Waals surface area contributed by atoms with Crippen LogP contribution in [0.4, 0.5) is 11.4 Å². The molecular formula is C17H30N2. The van der Waals surface area contributed by atoms with E-state index in [1.165, 1.54) is 43.5 Å². The van der Waals surface area contributed by atoms with Crippen molar-refractivity contribution in [2.45, 2.75) is 46.0 Å². The van der Waals surface area contributed by atoms with E-state index in [1.54, 1.807) is 0 Å². The van der Waals surface area contributed by atoms with Crippen LogP contribution in [0.15, 0.2) is 24.3 Å². The number of hydrogen-bond donors (Lipinski definition) is 1. The van der Waals surface area contributed by atoms with E-state index in [0.29, 0.717) is 0 Å². The molecule has 0 saturated carbocycles. The van der Waals surface area contributed by atoms with Gasteiger partial charge in [0.1, 0.15) is 0 Å². The van der Waals surface area contributed by atoms with E-state index in [1.807, 2.05) is 0 Å². The van der Waals surface area contributed by atoms with E-state index in [-0.39, 0.29) is 0 Å². The molecule has 0 spiro atoms. The molecule has 0 aromatic heterocycles. The third kappa shape index (κ3) is 6.51. The molecule has 108 valence electrons. The highest BCUT2D eigenvalue weighted by Gasteiger charge is 2.02. The molecule has 2 nitrogen and oxygen atoms in total. The zero-order valence-electron chi connectivity index (χ0n) is 13.1. The van der Waals surface area contributed by atoms with Crippen LogP contribution in [0.2, 0.25) is 0 Å². The Hall–Kier alpha value is -1.18. The van der Waals surface area contributed by atoms with Crippen molar-refractivity contribution >= 4 is 11.4 Å². The lowest BCUT2D eigenvalue weighted by Crippen LogP contribution is -2.12. The zero-order valence-corrected chi connectivity index (χ0v) is 13.1. The molecule has 0 bridgehead atoms. The van der Waals surface area contributed by atoms with E-state index in [0.717, 1.165) is 12.5 Å². The quantitative estimate of drug-likeness (QED) is 0.645. The average molecular weight is 262 g/mol. The number of unbranched alkanes of at least 4 members (excludes halogenated alkanes) is 3. The molecule has 0 aliphatic heterocycles. The minimum absolute atomic E-state index is 0.755. The van der Waals surface area contributed by atoms with Gasteiger partial charge >= 0.3 is 0 Å². The molecule has 0 amide bonds. The third-order valence-corrected chi connectivity index (χ3v) is 3.59. The molecule has 0 aliphatic carbocycles. The predicted octanol–water partition coefficient (Wildman–Crippen LogP) is 4.77. The van der Waals surface area contributed by atoms with Gasteiger partial charge in [-0.05, 0) is 36.6 Å². The summed E-state index contributed by atoms with van der Waals surface area (Å²) in [6, 6.07) is 8.65. The van der Waals surface area contributed by atoms with Crippen molar-refractivity contribution in [3.8, 4) is 0 Å². The summed E-state index contributed by atoms with van der Waals surface area (Å²) in [6.07, 6.45) is 6.80. The summed E-state index contributed by atoms with van der Waals surface area (Å²) >= 11 is 0.